The van der Waals surface area contributed by atoms with Gasteiger partial charge in [0.05, 0.1) is 53.8 Å². The summed E-state index contributed by atoms with van der Waals surface area (Å²) >= 11 is 5.56. The van der Waals surface area contributed by atoms with Crippen molar-refractivity contribution in [1.29, 1.82) is 0 Å². The molecule has 0 aliphatic carbocycles. The van der Waals surface area contributed by atoms with Crippen molar-refractivity contribution < 1.29 is 14.0 Å². The van der Waals surface area contributed by atoms with Crippen LogP contribution >= 0.6 is 12.2 Å². The Labute approximate surface area is 167 Å². The lowest BCUT2D eigenvalue weighted by atomic mass is 10.0. The van der Waals surface area contributed by atoms with Gasteiger partial charge in [0.1, 0.15) is 11.5 Å². The molecule has 4 rings (SSSR count). The molecule has 1 N–H and O–H groups in total. The molecular weight excluding hydrogens is 376 g/mol. The molecule has 0 fully saturated rings. The molecule has 7 nitrogen and oxygen atoms in total. The summed E-state index contributed by atoms with van der Waals surface area (Å²) in [6, 6.07) is 4.09. The van der Waals surface area contributed by atoms with Crippen LogP contribution < -0.4 is 4.74 Å². The fourth-order valence-corrected chi connectivity index (χ4v) is 4.18. The van der Waals surface area contributed by atoms with Crippen molar-refractivity contribution in [2.45, 2.75) is 26.8 Å². The van der Waals surface area contributed by atoms with Crippen LogP contribution in [0, 0.1) is 18.6 Å². The van der Waals surface area contributed by atoms with Gasteiger partial charge in [0.15, 0.2) is 4.77 Å². The number of nitrogens with one attached hydrogen (secondary N) is 1. The Morgan fingerprint density at radius 2 is 2.07 bits per heavy atom. The Balaban J connectivity index is 2.06. The van der Waals surface area contributed by atoms with Gasteiger partial charge in [0.2, 0.25) is 0 Å². The smallest absolute Gasteiger partial charge is 0.178 e. The van der Waals surface area contributed by atoms with E-state index in [0.717, 1.165) is 50.3 Å². The van der Waals surface area contributed by atoms with Gasteiger partial charge < -0.3 is 23.5 Å². The molecule has 1 aromatic carbocycles. The third-order valence-corrected chi connectivity index (χ3v) is 5.31. The average Bonchev–Trinajstić information content (AvgIpc) is 3.19. The largest absolute Gasteiger partial charge is 0.496 e. The Kier molecular flexibility index (Phi) is 4.68. The SMILES string of the molecule is COCC(C)n1c(=S)[nH]c2cnc3cc(-c4c(C)noc4C)c(OC)cc3c21. The van der Waals surface area contributed by atoms with Crippen LogP contribution in [0.4, 0.5) is 0 Å². The maximum atomic E-state index is 5.72. The second-order valence-electron chi connectivity index (χ2n) is 6.89. The minimum Gasteiger partial charge on any atom is -0.496 e. The van der Waals surface area contributed by atoms with Gasteiger partial charge in [-0.15, -0.1) is 0 Å². The molecule has 1 atom stereocenters. The normalized spacial score (nSPS) is 12.8. The molecule has 146 valence electrons. The molecule has 0 bridgehead atoms. The summed E-state index contributed by atoms with van der Waals surface area (Å²) in [4.78, 5) is 7.90. The summed E-state index contributed by atoms with van der Waals surface area (Å²) in [7, 11) is 3.35. The van der Waals surface area contributed by atoms with Crippen molar-refractivity contribution >= 4 is 34.2 Å². The third kappa shape index (κ3) is 2.80. The number of aromatic amines is 1. The number of pyridine rings is 1. The van der Waals surface area contributed by atoms with Crippen molar-refractivity contribution in [3.05, 3.63) is 34.6 Å². The third-order valence-electron chi connectivity index (χ3n) is 5.01. The quantitative estimate of drug-likeness (QED) is 0.490. The van der Waals surface area contributed by atoms with Crippen molar-refractivity contribution in [3.8, 4) is 16.9 Å². The van der Waals surface area contributed by atoms with Crippen molar-refractivity contribution in [3.63, 3.8) is 0 Å². The van der Waals surface area contributed by atoms with Crippen LogP contribution in [0.5, 0.6) is 5.75 Å². The van der Waals surface area contributed by atoms with Gasteiger partial charge in [-0.2, -0.15) is 0 Å². The predicted octanol–water partition coefficient (Wildman–Crippen LogP) is 4.73. The maximum Gasteiger partial charge on any atom is 0.178 e. The lowest BCUT2D eigenvalue weighted by Crippen LogP contribution is -2.11. The number of nitrogens with zero attached hydrogens (tertiary/aromatic N) is 3. The molecule has 0 saturated heterocycles. The topological polar surface area (TPSA) is 78.1 Å². The number of hydrogen-bond donors (Lipinski definition) is 1. The Morgan fingerprint density at radius 1 is 1.29 bits per heavy atom. The van der Waals surface area contributed by atoms with E-state index in [9.17, 15) is 0 Å². The van der Waals surface area contributed by atoms with Crippen LogP contribution in [0.15, 0.2) is 22.9 Å². The Morgan fingerprint density at radius 3 is 2.71 bits per heavy atom. The molecule has 4 aromatic rings. The lowest BCUT2D eigenvalue weighted by Gasteiger charge is -2.15. The highest BCUT2D eigenvalue weighted by atomic mass is 32.1. The van der Waals surface area contributed by atoms with E-state index >= 15 is 0 Å². The highest BCUT2D eigenvalue weighted by Gasteiger charge is 2.20. The average molecular weight is 398 g/mol. The van der Waals surface area contributed by atoms with Crippen molar-refractivity contribution in [2.75, 3.05) is 20.8 Å². The number of aromatic nitrogens is 4. The van der Waals surface area contributed by atoms with Gasteiger partial charge in [0.25, 0.3) is 0 Å². The van der Waals surface area contributed by atoms with Crippen LogP contribution in [-0.4, -0.2) is 40.5 Å². The zero-order valence-electron chi connectivity index (χ0n) is 16.5. The first-order valence-electron chi connectivity index (χ1n) is 8.99. The van der Waals surface area contributed by atoms with Gasteiger partial charge in [-0.3, -0.25) is 4.98 Å². The molecule has 0 aliphatic rings. The van der Waals surface area contributed by atoms with E-state index in [2.05, 4.69) is 26.6 Å². The number of H-pyrrole nitrogens is 1. The minimum atomic E-state index is 0.0742. The molecule has 8 heteroatoms. The summed E-state index contributed by atoms with van der Waals surface area (Å²) in [6.45, 7) is 6.45. The Hall–Kier alpha value is -2.71. The summed E-state index contributed by atoms with van der Waals surface area (Å²) in [5.41, 5.74) is 5.36. The molecule has 0 aliphatic heterocycles. The zero-order chi connectivity index (χ0) is 20.0. The predicted molar refractivity (Wildman–Crippen MR) is 111 cm³/mol. The minimum absolute atomic E-state index is 0.0742. The fourth-order valence-electron chi connectivity index (χ4n) is 3.80. The molecule has 3 heterocycles. The first-order valence-corrected chi connectivity index (χ1v) is 9.40. The molecular formula is C20H22N4O3S. The summed E-state index contributed by atoms with van der Waals surface area (Å²) in [6.07, 6.45) is 1.81. The van der Waals surface area contributed by atoms with Gasteiger partial charge in [-0.25, -0.2) is 0 Å². The van der Waals surface area contributed by atoms with Crippen LogP contribution in [0.1, 0.15) is 24.4 Å². The number of rotatable bonds is 5. The molecule has 28 heavy (non-hydrogen) atoms. The molecule has 0 radical (unpaired) electrons. The second kappa shape index (κ2) is 7.03. The Bertz CT molecular complexity index is 1220. The number of imidazole rings is 1. The monoisotopic (exact) mass is 398 g/mol. The van der Waals surface area contributed by atoms with Crippen LogP contribution in [0.2, 0.25) is 0 Å². The number of aryl methyl sites for hydroxylation is 2. The van der Waals surface area contributed by atoms with E-state index in [-0.39, 0.29) is 6.04 Å². The van der Waals surface area contributed by atoms with E-state index in [4.69, 9.17) is 26.2 Å². The molecule has 0 amide bonds. The van der Waals surface area contributed by atoms with E-state index in [1.165, 1.54) is 0 Å². The van der Waals surface area contributed by atoms with E-state index in [0.29, 0.717) is 11.4 Å². The van der Waals surface area contributed by atoms with Gasteiger partial charge in [-0.1, -0.05) is 5.16 Å². The molecule has 3 aromatic heterocycles. The van der Waals surface area contributed by atoms with Crippen LogP contribution in [0.3, 0.4) is 0 Å². The standard InChI is InChI=1S/C20H22N4O3S/c1-10(9-25-4)24-19-13-7-17(26-5)14(18-11(2)23-27-12(18)3)6-15(13)21-8-16(19)22-20(24)28/h6-8,10H,9H2,1-5H3,(H,22,28). The highest BCUT2D eigenvalue weighted by molar-refractivity contribution is 7.71. The van der Waals surface area contributed by atoms with E-state index in [1.54, 1.807) is 14.2 Å². The zero-order valence-corrected chi connectivity index (χ0v) is 17.3. The van der Waals surface area contributed by atoms with Gasteiger partial charge >= 0.3 is 0 Å². The van der Waals surface area contributed by atoms with E-state index < -0.39 is 0 Å². The number of hydrogen-bond acceptors (Lipinski definition) is 6. The number of methoxy groups -OCH3 is 2. The lowest BCUT2D eigenvalue weighted by molar-refractivity contribution is 0.163. The van der Waals surface area contributed by atoms with Gasteiger partial charge in [0, 0.05) is 18.1 Å². The van der Waals surface area contributed by atoms with Crippen molar-refractivity contribution in [1.82, 2.24) is 19.7 Å². The summed E-state index contributed by atoms with van der Waals surface area (Å²) < 4.78 is 19.1. The second-order valence-corrected chi connectivity index (χ2v) is 7.28. The first kappa shape index (κ1) is 18.6. The molecule has 1 unspecified atom stereocenters. The van der Waals surface area contributed by atoms with Crippen LogP contribution in [-0.2, 0) is 4.74 Å². The number of fused-ring (bicyclic) bond motifs is 3. The fraction of sp³-hybridized carbons (Fsp3) is 0.350. The molecule has 0 saturated carbocycles. The van der Waals surface area contributed by atoms with Gasteiger partial charge in [-0.05, 0) is 45.1 Å². The molecule has 0 spiro atoms. The van der Waals surface area contributed by atoms with Crippen LogP contribution in [0.25, 0.3) is 33.1 Å². The summed E-state index contributed by atoms with van der Waals surface area (Å²) in [5, 5.41) is 5.03. The number of ether oxygens (including phenoxy) is 2. The maximum absolute atomic E-state index is 5.72. The summed E-state index contributed by atoms with van der Waals surface area (Å²) in [5.74, 6) is 1.48. The van der Waals surface area contributed by atoms with E-state index in [1.807, 2.05) is 32.2 Å². The number of benzene rings is 1. The first-order chi connectivity index (χ1) is 13.5. The highest BCUT2D eigenvalue weighted by Crippen LogP contribution is 2.39. The van der Waals surface area contributed by atoms with Crippen molar-refractivity contribution in [2.24, 2.45) is 0 Å².